The molecule has 2 heterocycles. The minimum absolute atomic E-state index is 0.371. The van der Waals surface area contributed by atoms with E-state index in [0.717, 1.165) is 32.0 Å². The molecule has 9 nitrogen and oxygen atoms in total. The molecule has 2 rings (SSSR count). The average molecular weight is 325 g/mol. The van der Waals surface area contributed by atoms with Gasteiger partial charge in [-0.05, 0) is 24.8 Å². The van der Waals surface area contributed by atoms with E-state index >= 15 is 0 Å². The van der Waals surface area contributed by atoms with Gasteiger partial charge in [-0.1, -0.05) is 0 Å². The van der Waals surface area contributed by atoms with Crippen molar-refractivity contribution in [1.29, 1.82) is 5.41 Å². The van der Waals surface area contributed by atoms with E-state index in [1.807, 2.05) is 7.05 Å². The maximum atomic E-state index is 12.2. The second-order valence-electron chi connectivity index (χ2n) is 5.80. The van der Waals surface area contributed by atoms with Crippen LogP contribution in [-0.2, 0) is 9.53 Å². The highest BCUT2D eigenvalue weighted by atomic mass is 16.6. The minimum atomic E-state index is -0.621. The molecule has 9 heteroatoms. The molecule has 1 amide bonds. The van der Waals surface area contributed by atoms with E-state index in [1.54, 1.807) is 4.90 Å². The van der Waals surface area contributed by atoms with Crippen molar-refractivity contribution in [2.75, 3.05) is 39.8 Å². The Kier molecular flexibility index (Phi) is 6.05. The van der Waals surface area contributed by atoms with Gasteiger partial charge in [-0.3, -0.25) is 10.2 Å². The number of piperazine rings is 1. The summed E-state index contributed by atoms with van der Waals surface area (Å²) in [6.07, 6.45) is 3.09. The highest BCUT2D eigenvalue weighted by Gasteiger charge is 2.25. The Morgan fingerprint density at radius 2 is 2.04 bits per heavy atom. The quantitative estimate of drug-likeness (QED) is 0.418. The highest BCUT2D eigenvalue weighted by Crippen LogP contribution is 2.12. The van der Waals surface area contributed by atoms with Gasteiger partial charge in [0.1, 0.15) is 5.71 Å². The molecule has 0 saturated carbocycles. The predicted octanol–water partition coefficient (Wildman–Crippen LogP) is 0.0145. The first-order valence-corrected chi connectivity index (χ1v) is 7.78. The molecular weight excluding hydrogens is 302 g/mol. The normalized spacial score (nSPS) is 23.4. The summed E-state index contributed by atoms with van der Waals surface area (Å²) in [6.45, 7) is 3.08. The van der Waals surface area contributed by atoms with Crippen LogP contribution in [0.3, 0.4) is 0 Å². The summed E-state index contributed by atoms with van der Waals surface area (Å²) in [4.78, 5) is 26.4. The Morgan fingerprint density at radius 3 is 2.61 bits per heavy atom. The lowest BCUT2D eigenvalue weighted by Gasteiger charge is -2.32. The fourth-order valence-corrected chi connectivity index (χ4v) is 2.54. The van der Waals surface area contributed by atoms with Crippen LogP contribution in [0.1, 0.15) is 19.3 Å². The van der Waals surface area contributed by atoms with Crippen molar-refractivity contribution in [3.8, 4) is 0 Å². The summed E-state index contributed by atoms with van der Waals surface area (Å²) >= 11 is 0. The zero-order valence-electron chi connectivity index (χ0n) is 13.3. The lowest BCUT2D eigenvalue weighted by atomic mass is 10.2. The first kappa shape index (κ1) is 17.4. The maximum absolute atomic E-state index is 12.2. The molecule has 2 saturated heterocycles. The average Bonchev–Trinajstić information content (AvgIpc) is 2.55. The predicted molar refractivity (Wildman–Crippen MR) is 83.6 cm³/mol. The van der Waals surface area contributed by atoms with Crippen molar-refractivity contribution in [1.82, 2.24) is 15.1 Å². The lowest BCUT2D eigenvalue weighted by Crippen LogP contribution is -2.49. The summed E-state index contributed by atoms with van der Waals surface area (Å²) < 4.78 is 5.40. The third-order valence-corrected chi connectivity index (χ3v) is 3.99. The van der Waals surface area contributed by atoms with Crippen LogP contribution in [0.15, 0.2) is 11.9 Å². The van der Waals surface area contributed by atoms with Crippen molar-refractivity contribution in [2.45, 2.75) is 25.5 Å². The van der Waals surface area contributed by atoms with Gasteiger partial charge in [0.05, 0.1) is 12.7 Å². The Morgan fingerprint density at radius 1 is 1.35 bits per heavy atom. The number of amides is 1. The lowest BCUT2D eigenvalue weighted by molar-refractivity contribution is -0.434. The molecule has 2 aliphatic rings. The van der Waals surface area contributed by atoms with Gasteiger partial charge in [0, 0.05) is 32.6 Å². The summed E-state index contributed by atoms with van der Waals surface area (Å²) in [7, 11) is 1.96. The van der Waals surface area contributed by atoms with E-state index in [0.29, 0.717) is 26.1 Å². The van der Waals surface area contributed by atoms with E-state index in [1.165, 1.54) is 0 Å². The number of carbonyl (C=O) groups is 1. The SMILES string of the molecule is CN1CCN(C(=O)C(=N)/C=C(\NC2CCCCO2)[N+](=O)[O-])CC1. The summed E-state index contributed by atoms with van der Waals surface area (Å²) in [5, 5.41) is 21.7. The molecule has 23 heavy (non-hydrogen) atoms. The molecule has 2 N–H and O–H groups in total. The molecule has 0 aromatic rings. The third kappa shape index (κ3) is 5.00. The molecule has 0 bridgehead atoms. The maximum Gasteiger partial charge on any atom is 0.320 e. The molecule has 0 aliphatic carbocycles. The Bertz CT molecular complexity index is 493. The monoisotopic (exact) mass is 325 g/mol. The van der Waals surface area contributed by atoms with Crippen LogP contribution in [0.5, 0.6) is 0 Å². The van der Waals surface area contributed by atoms with Crippen molar-refractivity contribution in [3.05, 3.63) is 22.0 Å². The molecule has 2 fully saturated rings. The van der Waals surface area contributed by atoms with Crippen LogP contribution in [0.25, 0.3) is 0 Å². The molecule has 1 atom stereocenters. The first-order valence-electron chi connectivity index (χ1n) is 7.78. The van der Waals surface area contributed by atoms with E-state index in [4.69, 9.17) is 10.1 Å². The van der Waals surface area contributed by atoms with Crippen LogP contribution in [0.2, 0.25) is 0 Å². The summed E-state index contributed by atoms with van der Waals surface area (Å²) in [5.74, 6) is -0.854. The van der Waals surface area contributed by atoms with Gasteiger partial charge in [-0.15, -0.1) is 0 Å². The van der Waals surface area contributed by atoms with Crippen LogP contribution >= 0.6 is 0 Å². The zero-order valence-corrected chi connectivity index (χ0v) is 13.3. The number of nitrogens with zero attached hydrogens (tertiary/aromatic N) is 3. The minimum Gasteiger partial charge on any atom is -0.358 e. The van der Waals surface area contributed by atoms with E-state index in [9.17, 15) is 14.9 Å². The standard InChI is InChI=1S/C14H23N5O4/c1-17-5-7-18(8-6-17)14(20)11(15)10-12(19(21)22)16-13-4-2-3-9-23-13/h10,13,15-16H,2-9H2,1H3/b12-10+,15-11?. The van der Waals surface area contributed by atoms with E-state index in [2.05, 4.69) is 10.2 Å². The summed E-state index contributed by atoms with van der Waals surface area (Å²) in [5.41, 5.74) is -0.385. The van der Waals surface area contributed by atoms with Crippen LogP contribution in [-0.4, -0.2) is 72.4 Å². The molecule has 128 valence electrons. The van der Waals surface area contributed by atoms with Crippen molar-refractivity contribution in [3.63, 3.8) is 0 Å². The fraction of sp³-hybridized carbons (Fsp3) is 0.714. The Hall–Kier alpha value is -2.00. The number of hydrogen-bond acceptors (Lipinski definition) is 7. The van der Waals surface area contributed by atoms with Crippen LogP contribution < -0.4 is 5.32 Å². The van der Waals surface area contributed by atoms with Crippen LogP contribution in [0.4, 0.5) is 0 Å². The second kappa shape index (κ2) is 8.02. The second-order valence-corrected chi connectivity index (χ2v) is 5.80. The van der Waals surface area contributed by atoms with Gasteiger partial charge in [-0.25, -0.2) is 5.32 Å². The largest absolute Gasteiger partial charge is 0.358 e. The Balaban J connectivity index is 1.98. The number of nitrogens with one attached hydrogen (secondary N) is 2. The number of rotatable bonds is 5. The smallest absolute Gasteiger partial charge is 0.320 e. The fourth-order valence-electron chi connectivity index (χ4n) is 2.54. The molecule has 0 aromatic carbocycles. The van der Waals surface area contributed by atoms with Gasteiger partial charge in [0.2, 0.25) is 0 Å². The highest BCUT2D eigenvalue weighted by molar-refractivity contribution is 6.42. The van der Waals surface area contributed by atoms with Crippen molar-refractivity contribution < 1.29 is 14.5 Å². The molecule has 2 aliphatic heterocycles. The molecule has 0 spiro atoms. The zero-order chi connectivity index (χ0) is 16.8. The van der Waals surface area contributed by atoms with Gasteiger partial charge >= 0.3 is 5.82 Å². The van der Waals surface area contributed by atoms with Gasteiger partial charge < -0.3 is 24.7 Å². The summed E-state index contributed by atoms with van der Waals surface area (Å²) in [6, 6.07) is 0. The van der Waals surface area contributed by atoms with Crippen LogP contribution in [0, 0.1) is 15.5 Å². The number of nitro groups is 1. The molecule has 0 aromatic heterocycles. The number of likely N-dealkylation sites (N-methyl/N-ethyl adjacent to an activating group) is 1. The van der Waals surface area contributed by atoms with Gasteiger partial charge in [-0.2, -0.15) is 0 Å². The first-order chi connectivity index (χ1) is 11.0. The number of carbonyl (C=O) groups excluding carboxylic acids is 1. The molecule has 0 radical (unpaired) electrons. The number of ether oxygens (including phenoxy) is 1. The van der Waals surface area contributed by atoms with Gasteiger partial charge in [0.25, 0.3) is 5.91 Å². The molecular formula is C14H23N5O4. The molecule has 1 unspecified atom stereocenters. The third-order valence-electron chi connectivity index (χ3n) is 3.99. The van der Waals surface area contributed by atoms with Crippen molar-refractivity contribution >= 4 is 11.6 Å². The topological polar surface area (TPSA) is 112 Å². The van der Waals surface area contributed by atoms with Gasteiger partial charge in [0.15, 0.2) is 6.23 Å². The van der Waals surface area contributed by atoms with E-state index in [-0.39, 0.29) is 11.5 Å². The van der Waals surface area contributed by atoms with Crippen molar-refractivity contribution in [2.24, 2.45) is 0 Å². The number of hydrogen-bond donors (Lipinski definition) is 2. The Labute approximate surface area is 134 Å². The van der Waals surface area contributed by atoms with E-state index < -0.39 is 17.1 Å².